The van der Waals surface area contributed by atoms with Crippen LogP contribution in [-0.2, 0) is 30.4 Å². The molecule has 4 N–H and O–H groups in total. The topological polar surface area (TPSA) is 193 Å². The minimum atomic E-state index is -0.948. The van der Waals surface area contributed by atoms with Crippen LogP contribution in [-0.4, -0.2) is 100 Å². The van der Waals surface area contributed by atoms with Gasteiger partial charge in [0.25, 0.3) is 5.91 Å². The number of carbonyl (C=O) groups is 4. The maximum Gasteiger partial charge on any atom is 0.407 e. The van der Waals surface area contributed by atoms with Crippen LogP contribution in [0.3, 0.4) is 0 Å². The Hall–Kier alpha value is -6.94. The molecule has 2 saturated heterocycles. The summed E-state index contributed by atoms with van der Waals surface area (Å²) in [6.07, 6.45) is 2.64. The summed E-state index contributed by atoms with van der Waals surface area (Å²) in [5, 5.41) is 7.42. The number of imidazole rings is 2. The van der Waals surface area contributed by atoms with Crippen LogP contribution in [0.15, 0.2) is 79.0 Å². The van der Waals surface area contributed by atoms with E-state index in [0.29, 0.717) is 43.4 Å². The summed E-state index contributed by atoms with van der Waals surface area (Å²) >= 11 is 0. The molecule has 0 radical (unpaired) electrons. The van der Waals surface area contributed by atoms with Crippen LogP contribution < -0.4 is 15.4 Å². The number of methoxy groups -OCH3 is 3. The van der Waals surface area contributed by atoms with Gasteiger partial charge < -0.3 is 49.3 Å². The first kappa shape index (κ1) is 43.3. The number of nitrogens with zero attached hydrogens (tertiary/aromatic N) is 4. The van der Waals surface area contributed by atoms with Crippen LogP contribution >= 0.6 is 0 Å². The zero-order valence-electron chi connectivity index (χ0n) is 37.3. The van der Waals surface area contributed by atoms with E-state index in [-0.39, 0.29) is 41.8 Å². The number of benzene rings is 4. The van der Waals surface area contributed by atoms with Gasteiger partial charge >= 0.3 is 12.2 Å². The summed E-state index contributed by atoms with van der Waals surface area (Å²) in [5.41, 5.74) is 7.09. The molecule has 4 amide bonds. The van der Waals surface area contributed by atoms with E-state index >= 15 is 0 Å². The van der Waals surface area contributed by atoms with E-state index in [2.05, 4.69) is 57.0 Å². The Morgan fingerprint density at radius 2 is 1.65 bits per heavy atom. The fourth-order valence-corrected chi connectivity index (χ4v) is 9.83. The summed E-state index contributed by atoms with van der Waals surface area (Å²) in [7, 11) is 4.22. The third-order valence-corrected chi connectivity index (χ3v) is 13.1. The van der Waals surface area contributed by atoms with E-state index in [1.54, 1.807) is 18.2 Å². The van der Waals surface area contributed by atoms with Crippen molar-refractivity contribution in [3.8, 4) is 28.1 Å². The van der Waals surface area contributed by atoms with Gasteiger partial charge in [0.2, 0.25) is 5.91 Å². The number of H-pyrrole nitrogens is 2. The van der Waals surface area contributed by atoms with Crippen molar-refractivity contribution in [3.63, 3.8) is 0 Å². The molecule has 9 rings (SSSR count). The van der Waals surface area contributed by atoms with Crippen molar-refractivity contribution in [2.75, 3.05) is 34.5 Å². The zero-order chi connectivity index (χ0) is 45.5. The number of fused-ring (bicyclic) bond motifs is 6. The SMILES string of the molecule is COC[C@H]1C[C@@H](c2ncc(-c3ccc4c(c3)COc3cc5c(ccc6[nH]c([C@@H]7CC[C@H](C)N7C(=O)[C@@H](NC(=O)OC)C(C)C)nc65)cc3-4)[nH]2)N(C(=O)[C@@H](NC(=O)OC)c2ccccc2)C1. The first-order chi connectivity index (χ1) is 31.5. The van der Waals surface area contributed by atoms with Gasteiger partial charge in [0, 0.05) is 36.6 Å². The summed E-state index contributed by atoms with van der Waals surface area (Å²) in [6.45, 7) is 7.11. The molecule has 0 spiro atoms. The average molecular weight is 883 g/mol. The molecule has 2 fully saturated rings. The summed E-state index contributed by atoms with van der Waals surface area (Å²) in [6, 6.07) is 21.3. The molecular formula is C49H54N8O8. The molecule has 0 saturated carbocycles. The first-order valence-electron chi connectivity index (χ1n) is 22.1. The lowest BCUT2D eigenvalue weighted by molar-refractivity contribution is -0.137. The van der Waals surface area contributed by atoms with E-state index in [4.69, 9.17) is 28.9 Å². The maximum atomic E-state index is 14.3. The van der Waals surface area contributed by atoms with Gasteiger partial charge in [0.1, 0.15) is 36.1 Å². The summed E-state index contributed by atoms with van der Waals surface area (Å²) in [4.78, 5) is 73.5. The number of likely N-dealkylation sites (tertiary alicyclic amines) is 2. The first-order valence-corrected chi connectivity index (χ1v) is 22.1. The van der Waals surface area contributed by atoms with Gasteiger partial charge in [0.05, 0.1) is 55.8 Å². The Labute approximate surface area is 376 Å². The minimum Gasteiger partial charge on any atom is -0.488 e. The molecule has 6 atom stereocenters. The van der Waals surface area contributed by atoms with Crippen LogP contribution in [0.1, 0.15) is 80.9 Å². The zero-order valence-corrected chi connectivity index (χ0v) is 37.3. The molecule has 4 aromatic carbocycles. The highest BCUT2D eigenvalue weighted by Crippen LogP contribution is 2.44. The second-order valence-corrected chi connectivity index (χ2v) is 17.6. The fraction of sp³-hybridized carbons (Fsp3) is 0.388. The number of amides is 4. The second kappa shape index (κ2) is 17.9. The van der Waals surface area contributed by atoms with Crippen LogP contribution in [0.25, 0.3) is 44.2 Å². The minimum absolute atomic E-state index is 0.0342. The third kappa shape index (κ3) is 8.22. The van der Waals surface area contributed by atoms with Crippen molar-refractivity contribution in [3.05, 3.63) is 102 Å². The smallest absolute Gasteiger partial charge is 0.407 e. The normalized spacial score (nSPS) is 20.0. The molecule has 2 aromatic heterocycles. The van der Waals surface area contributed by atoms with Gasteiger partial charge in [-0.25, -0.2) is 19.6 Å². The van der Waals surface area contributed by atoms with Crippen molar-refractivity contribution in [2.45, 2.75) is 76.8 Å². The van der Waals surface area contributed by atoms with Crippen molar-refractivity contribution in [1.29, 1.82) is 0 Å². The van der Waals surface area contributed by atoms with Crippen LogP contribution in [0.4, 0.5) is 9.59 Å². The largest absolute Gasteiger partial charge is 0.488 e. The molecule has 3 aliphatic rings. The Morgan fingerprint density at radius 3 is 2.40 bits per heavy atom. The van der Waals surface area contributed by atoms with Gasteiger partial charge in [-0.05, 0) is 84.0 Å². The summed E-state index contributed by atoms with van der Waals surface area (Å²) < 4.78 is 21.7. The lowest BCUT2D eigenvalue weighted by atomic mass is 9.92. The van der Waals surface area contributed by atoms with Crippen molar-refractivity contribution in [1.82, 2.24) is 40.4 Å². The van der Waals surface area contributed by atoms with Gasteiger partial charge in [-0.3, -0.25) is 9.59 Å². The number of hydrogen-bond donors (Lipinski definition) is 4. The quantitative estimate of drug-likeness (QED) is 0.100. The predicted molar refractivity (Wildman–Crippen MR) is 243 cm³/mol. The predicted octanol–water partition coefficient (Wildman–Crippen LogP) is 7.73. The van der Waals surface area contributed by atoms with Gasteiger partial charge in [0.15, 0.2) is 0 Å². The summed E-state index contributed by atoms with van der Waals surface area (Å²) in [5.74, 6) is 1.61. The van der Waals surface area contributed by atoms with Gasteiger partial charge in [-0.1, -0.05) is 62.4 Å². The molecule has 3 aliphatic heterocycles. The number of carbonyl (C=O) groups excluding carboxylic acids is 4. The molecule has 65 heavy (non-hydrogen) atoms. The van der Waals surface area contributed by atoms with E-state index in [0.717, 1.165) is 68.3 Å². The highest BCUT2D eigenvalue weighted by atomic mass is 16.5. The standard InChI is InChI=1S/C49H54N8O8/c1-26(2)41(54-48(60)63-5)47(59)57-27(3)12-17-38(57)45-51-36-16-14-30-20-35-33-15-13-31(19-32(33)25-65-40(35)21-34(30)43(36)53-45)37-22-50-44(52-37)39-18-28(24-62-4)23-56(39)46(58)42(55-49(61)64-6)29-10-8-7-9-11-29/h7-11,13-16,19-22,26-28,38-39,41-42H,12,17-18,23-25H2,1-6H3,(H,50,52)(H,51,53)(H,54,60)(H,55,61)/t27-,28-,38-,39-,41-,42-/m0/s1. The monoisotopic (exact) mass is 882 g/mol. The number of aromatic amines is 2. The Balaban J connectivity index is 0.974. The fourth-order valence-electron chi connectivity index (χ4n) is 9.83. The Bertz CT molecular complexity index is 2770. The van der Waals surface area contributed by atoms with Gasteiger partial charge in [-0.15, -0.1) is 0 Å². The number of rotatable bonds is 11. The van der Waals surface area contributed by atoms with Crippen molar-refractivity contribution < 1.29 is 38.1 Å². The molecule has 16 heteroatoms. The number of ether oxygens (including phenoxy) is 4. The Morgan fingerprint density at radius 1 is 0.862 bits per heavy atom. The van der Waals surface area contributed by atoms with Crippen LogP contribution in [0, 0.1) is 11.8 Å². The number of nitrogens with one attached hydrogen (secondary N) is 4. The molecule has 0 unspecified atom stereocenters. The molecule has 16 nitrogen and oxygen atoms in total. The number of alkyl carbamates (subject to hydrolysis) is 2. The second-order valence-electron chi connectivity index (χ2n) is 17.6. The average Bonchev–Trinajstić information content (AvgIpc) is 4.15. The molecule has 0 aliphatic carbocycles. The van der Waals surface area contributed by atoms with Crippen molar-refractivity contribution >= 4 is 45.8 Å². The van der Waals surface area contributed by atoms with Crippen LogP contribution in [0.5, 0.6) is 5.75 Å². The highest BCUT2D eigenvalue weighted by Gasteiger charge is 2.43. The molecule has 0 bridgehead atoms. The number of aromatic nitrogens is 4. The third-order valence-electron chi connectivity index (χ3n) is 13.1. The highest BCUT2D eigenvalue weighted by molar-refractivity contribution is 6.07. The van der Waals surface area contributed by atoms with E-state index in [1.165, 1.54) is 14.2 Å². The molecule has 338 valence electrons. The Kier molecular flexibility index (Phi) is 11.9. The van der Waals surface area contributed by atoms with Crippen LogP contribution in [0.2, 0.25) is 0 Å². The lowest BCUT2D eigenvalue weighted by Crippen LogP contribution is -2.52. The van der Waals surface area contributed by atoms with E-state index in [1.807, 2.05) is 62.1 Å². The number of hydrogen-bond acceptors (Lipinski definition) is 10. The lowest BCUT2D eigenvalue weighted by Gasteiger charge is -2.32. The maximum absolute atomic E-state index is 14.3. The van der Waals surface area contributed by atoms with Gasteiger partial charge in [-0.2, -0.15) is 0 Å². The molecular weight excluding hydrogens is 829 g/mol. The molecule has 5 heterocycles. The van der Waals surface area contributed by atoms with Crippen molar-refractivity contribution in [2.24, 2.45) is 11.8 Å². The molecule has 6 aromatic rings. The van der Waals surface area contributed by atoms with E-state index in [9.17, 15) is 19.2 Å². The van der Waals surface area contributed by atoms with E-state index < -0.39 is 24.3 Å².